The standard InChI is InChI=1S/C9H7ClF3NO3/c1-16-8(15)7-5(10)2-4(14)3-6(7)17-9(11,12)13/h2-3H,14H2,1H3. The Balaban J connectivity index is 3.30. The van der Waals surface area contributed by atoms with Crippen LogP contribution >= 0.6 is 11.6 Å². The summed E-state index contributed by atoms with van der Waals surface area (Å²) in [6, 6.07) is 1.96. The van der Waals surface area contributed by atoms with Gasteiger partial charge in [-0.15, -0.1) is 13.2 Å². The van der Waals surface area contributed by atoms with Gasteiger partial charge in [0.15, 0.2) is 0 Å². The van der Waals surface area contributed by atoms with Crippen molar-refractivity contribution in [3.05, 3.63) is 22.7 Å². The summed E-state index contributed by atoms with van der Waals surface area (Å²) < 4.78 is 44.2. The van der Waals surface area contributed by atoms with Crippen LogP contribution in [-0.2, 0) is 4.74 Å². The third-order valence-electron chi connectivity index (χ3n) is 1.69. The number of methoxy groups -OCH3 is 1. The number of hydrogen-bond acceptors (Lipinski definition) is 4. The molecule has 0 aromatic heterocycles. The van der Waals surface area contributed by atoms with Crippen LogP contribution in [-0.4, -0.2) is 19.4 Å². The molecule has 1 rings (SSSR count). The van der Waals surface area contributed by atoms with Crippen LogP contribution in [0.25, 0.3) is 0 Å². The van der Waals surface area contributed by atoms with Crippen LogP contribution in [0.1, 0.15) is 10.4 Å². The van der Waals surface area contributed by atoms with Gasteiger partial charge >= 0.3 is 12.3 Å². The molecule has 2 N–H and O–H groups in total. The number of nitrogen functional groups attached to an aromatic ring is 1. The molecule has 0 heterocycles. The zero-order valence-electron chi connectivity index (χ0n) is 8.47. The Labute approximate surface area is 99.1 Å². The van der Waals surface area contributed by atoms with E-state index in [0.717, 1.165) is 19.2 Å². The number of alkyl halides is 3. The number of rotatable bonds is 2. The SMILES string of the molecule is COC(=O)c1c(Cl)cc(N)cc1OC(F)(F)F. The zero-order valence-corrected chi connectivity index (χ0v) is 9.22. The molecule has 0 aliphatic heterocycles. The molecular weight excluding hydrogens is 263 g/mol. The van der Waals surface area contributed by atoms with Crippen LogP contribution in [0.5, 0.6) is 5.75 Å². The smallest absolute Gasteiger partial charge is 0.465 e. The zero-order chi connectivity index (χ0) is 13.2. The Hall–Kier alpha value is -1.63. The van der Waals surface area contributed by atoms with Crippen LogP contribution in [0.4, 0.5) is 18.9 Å². The highest BCUT2D eigenvalue weighted by Crippen LogP contribution is 2.34. The van der Waals surface area contributed by atoms with Crippen molar-refractivity contribution in [2.45, 2.75) is 6.36 Å². The first-order chi connectivity index (χ1) is 7.74. The maximum atomic E-state index is 12.1. The lowest BCUT2D eigenvalue weighted by Crippen LogP contribution is -2.19. The Bertz CT molecular complexity index is 448. The summed E-state index contributed by atoms with van der Waals surface area (Å²) in [5.74, 6) is -1.84. The molecule has 0 unspecified atom stereocenters. The second-order valence-corrected chi connectivity index (χ2v) is 3.32. The minimum Gasteiger partial charge on any atom is -0.465 e. The van der Waals surface area contributed by atoms with E-state index in [9.17, 15) is 18.0 Å². The topological polar surface area (TPSA) is 61.5 Å². The number of carbonyl (C=O) groups is 1. The van der Waals surface area contributed by atoms with Crippen molar-refractivity contribution in [2.75, 3.05) is 12.8 Å². The predicted molar refractivity (Wildman–Crippen MR) is 53.9 cm³/mol. The van der Waals surface area contributed by atoms with Gasteiger partial charge in [0.2, 0.25) is 0 Å². The van der Waals surface area contributed by atoms with E-state index < -0.39 is 23.6 Å². The molecule has 0 fully saturated rings. The number of halogens is 4. The number of anilines is 1. The van der Waals surface area contributed by atoms with Gasteiger partial charge in [0.25, 0.3) is 0 Å². The predicted octanol–water partition coefficient (Wildman–Crippen LogP) is 2.61. The van der Waals surface area contributed by atoms with Crippen molar-refractivity contribution >= 4 is 23.3 Å². The van der Waals surface area contributed by atoms with Gasteiger partial charge in [0.05, 0.1) is 12.1 Å². The number of benzene rings is 1. The minimum atomic E-state index is -4.96. The molecule has 0 radical (unpaired) electrons. The second-order valence-electron chi connectivity index (χ2n) is 2.92. The van der Waals surface area contributed by atoms with E-state index in [2.05, 4.69) is 9.47 Å². The number of nitrogens with two attached hydrogens (primary N) is 1. The lowest BCUT2D eigenvalue weighted by molar-refractivity contribution is -0.274. The molecule has 0 aliphatic carbocycles. The average molecular weight is 270 g/mol. The monoisotopic (exact) mass is 269 g/mol. The molecule has 0 bridgehead atoms. The van der Waals surface area contributed by atoms with Gasteiger partial charge in [-0.2, -0.15) is 0 Å². The third kappa shape index (κ3) is 3.42. The Morgan fingerprint density at radius 3 is 2.47 bits per heavy atom. The maximum Gasteiger partial charge on any atom is 0.573 e. The van der Waals surface area contributed by atoms with Gasteiger partial charge in [0.1, 0.15) is 11.3 Å². The van der Waals surface area contributed by atoms with E-state index in [1.807, 2.05) is 0 Å². The fourth-order valence-corrected chi connectivity index (χ4v) is 1.40. The van der Waals surface area contributed by atoms with Crippen LogP contribution in [0.15, 0.2) is 12.1 Å². The summed E-state index contributed by atoms with van der Waals surface area (Å²) in [5, 5.41) is -0.281. The van der Waals surface area contributed by atoms with Crippen LogP contribution in [0, 0.1) is 0 Å². The largest absolute Gasteiger partial charge is 0.573 e. The van der Waals surface area contributed by atoms with E-state index in [1.165, 1.54) is 0 Å². The van der Waals surface area contributed by atoms with Crippen molar-refractivity contribution in [3.63, 3.8) is 0 Å². The molecular formula is C9H7ClF3NO3. The summed E-state index contributed by atoms with van der Waals surface area (Å²) in [4.78, 5) is 11.3. The molecule has 0 saturated heterocycles. The van der Waals surface area contributed by atoms with E-state index in [0.29, 0.717) is 0 Å². The van der Waals surface area contributed by atoms with E-state index >= 15 is 0 Å². The fraction of sp³-hybridized carbons (Fsp3) is 0.222. The normalized spacial score (nSPS) is 11.1. The van der Waals surface area contributed by atoms with Crippen molar-refractivity contribution in [3.8, 4) is 5.75 Å². The highest BCUT2D eigenvalue weighted by Gasteiger charge is 2.34. The molecule has 0 atom stereocenters. The van der Waals surface area contributed by atoms with Crippen molar-refractivity contribution in [2.24, 2.45) is 0 Å². The fourth-order valence-electron chi connectivity index (χ4n) is 1.11. The summed E-state index contributed by atoms with van der Waals surface area (Å²) in [5.41, 5.74) is 4.71. The molecule has 0 aliphatic rings. The number of esters is 1. The molecule has 4 nitrogen and oxygen atoms in total. The first-order valence-electron chi connectivity index (χ1n) is 4.17. The van der Waals surface area contributed by atoms with Gasteiger partial charge in [-0.3, -0.25) is 0 Å². The van der Waals surface area contributed by atoms with E-state index in [1.54, 1.807) is 0 Å². The second kappa shape index (κ2) is 4.70. The molecule has 94 valence electrons. The average Bonchev–Trinajstić information content (AvgIpc) is 2.13. The van der Waals surface area contributed by atoms with Gasteiger partial charge < -0.3 is 15.2 Å². The highest BCUT2D eigenvalue weighted by atomic mass is 35.5. The van der Waals surface area contributed by atoms with Crippen molar-refractivity contribution in [1.29, 1.82) is 0 Å². The van der Waals surface area contributed by atoms with Crippen molar-refractivity contribution < 1.29 is 27.4 Å². The first kappa shape index (κ1) is 13.4. The first-order valence-corrected chi connectivity index (χ1v) is 4.55. The number of carbonyl (C=O) groups excluding carboxylic acids is 1. The molecule has 0 saturated carbocycles. The number of hydrogen-bond donors (Lipinski definition) is 1. The quantitative estimate of drug-likeness (QED) is 0.662. The summed E-state index contributed by atoms with van der Waals surface area (Å²) in [6.07, 6.45) is -4.96. The van der Waals surface area contributed by atoms with E-state index in [4.69, 9.17) is 17.3 Å². The van der Waals surface area contributed by atoms with Crippen LogP contribution < -0.4 is 10.5 Å². The molecule has 1 aromatic carbocycles. The minimum absolute atomic E-state index is 0.0677. The van der Waals surface area contributed by atoms with Crippen molar-refractivity contribution in [1.82, 2.24) is 0 Å². The Morgan fingerprint density at radius 1 is 1.41 bits per heavy atom. The Kier molecular flexibility index (Phi) is 3.72. The van der Waals surface area contributed by atoms with E-state index in [-0.39, 0.29) is 10.7 Å². The molecule has 0 spiro atoms. The molecule has 0 amide bonds. The maximum absolute atomic E-state index is 12.1. The van der Waals surface area contributed by atoms with Gasteiger partial charge in [-0.1, -0.05) is 11.6 Å². The van der Waals surface area contributed by atoms with Gasteiger partial charge in [-0.25, -0.2) is 4.79 Å². The lowest BCUT2D eigenvalue weighted by Gasteiger charge is -2.13. The third-order valence-corrected chi connectivity index (χ3v) is 1.99. The Morgan fingerprint density at radius 2 is 2.00 bits per heavy atom. The number of ether oxygens (including phenoxy) is 2. The highest BCUT2D eigenvalue weighted by molar-refractivity contribution is 6.34. The summed E-state index contributed by atoms with van der Waals surface area (Å²) in [7, 11) is 1.01. The van der Waals surface area contributed by atoms with Gasteiger partial charge in [0, 0.05) is 11.8 Å². The molecule has 1 aromatic rings. The summed E-state index contributed by atoms with van der Waals surface area (Å²) >= 11 is 5.61. The van der Waals surface area contributed by atoms with Gasteiger partial charge in [-0.05, 0) is 6.07 Å². The summed E-state index contributed by atoms with van der Waals surface area (Å²) in [6.45, 7) is 0. The molecule has 17 heavy (non-hydrogen) atoms. The van der Waals surface area contributed by atoms with Crippen LogP contribution in [0.2, 0.25) is 5.02 Å². The lowest BCUT2D eigenvalue weighted by atomic mass is 10.2. The van der Waals surface area contributed by atoms with Crippen LogP contribution in [0.3, 0.4) is 0 Å². The molecule has 8 heteroatoms.